The molecule has 3 aromatic rings. The number of thiophene rings is 1. The number of unbranched alkanes of at least 4 members (excludes halogenated alkanes) is 1. The molecule has 52 heavy (non-hydrogen) atoms. The minimum absolute atomic E-state index is 0.0456. The molecular formula is C33H42N4O11S4. The van der Waals surface area contributed by atoms with Gasteiger partial charge in [0.1, 0.15) is 24.8 Å². The molecule has 4 rings (SSSR count). The van der Waals surface area contributed by atoms with E-state index in [1.54, 1.807) is 37.3 Å². The highest BCUT2D eigenvalue weighted by molar-refractivity contribution is 7.96. The van der Waals surface area contributed by atoms with E-state index in [1.165, 1.54) is 19.2 Å². The number of nitrogens with one attached hydrogen (secondary N) is 2. The van der Waals surface area contributed by atoms with Gasteiger partial charge in [0.15, 0.2) is 37.8 Å². The molecule has 4 N–H and O–H groups in total. The third-order valence-corrected chi connectivity index (χ3v) is 15.2. The van der Waals surface area contributed by atoms with Gasteiger partial charge in [0.05, 0.1) is 23.0 Å². The summed E-state index contributed by atoms with van der Waals surface area (Å²) in [6, 6.07) is 11.5. The topological polar surface area (TPSA) is 225 Å². The number of carbonyl (C=O) groups is 3. The lowest BCUT2D eigenvalue weighted by molar-refractivity contribution is -0.136. The molecule has 2 aromatic carbocycles. The van der Waals surface area contributed by atoms with Crippen molar-refractivity contribution in [3.63, 3.8) is 0 Å². The van der Waals surface area contributed by atoms with E-state index < -0.39 is 76.4 Å². The molecule has 0 spiro atoms. The normalized spacial score (nSPS) is 16.8. The van der Waals surface area contributed by atoms with Crippen molar-refractivity contribution >= 4 is 64.4 Å². The van der Waals surface area contributed by atoms with Crippen LogP contribution in [0.2, 0.25) is 0 Å². The highest BCUT2D eigenvalue weighted by Crippen LogP contribution is 2.43. The molecule has 0 saturated carbocycles. The molecule has 1 amide bonds. The van der Waals surface area contributed by atoms with E-state index in [1.807, 2.05) is 13.8 Å². The Kier molecular flexibility index (Phi) is 13.2. The standard InChI is InChI=1S/C33H42N4O11S4/c1-5-7-13-36-27-15-22(16-28(52(34,45)46)31(27)48-24-11-9-8-10-12-24)32(40)47-19-29(39)37(4)18-23(38)20-50(41,42)30-17-25-26(35-6-2)14-21(3)51(43,44)33(25)49-30/h8-12,15-17,21,26,35-36H,5-7,13-14,18-20H2,1-4H3,(H2,34,45,46)/t21-,26-/m0/s1. The average molecular weight is 799 g/mol. The molecule has 1 aliphatic heterocycles. The molecule has 0 saturated heterocycles. The molecule has 2 atom stereocenters. The first-order valence-electron chi connectivity index (χ1n) is 16.3. The Morgan fingerprint density at radius 1 is 1.06 bits per heavy atom. The molecule has 0 fully saturated rings. The summed E-state index contributed by atoms with van der Waals surface area (Å²) in [6.07, 6.45) is 1.79. The number of esters is 1. The molecule has 19 heteroatoms. The van der Waals surface area contributed by atoms with Gasteiger partial charge in [0.2, 0.25) is 10.0 Å². The lowest BCUT2D eigenvalue weighted by Crippen LogP contribution is -2.37. The van der Waals surface area contributed by atoms with Crippen LogP contribution in [0, 0.1) is 0 Å². The van der Waals surface area contributed by atoms with Crippen molar-refractivity contribution in [1.29, 1.82) is 0 Å². The third-order valence-electron chi connectivity index (χ3n) is 8.11. The molecule has 0 unspecified atom stereocenters. The van der Waals surface area contributed by atoms with Crippen LogP contribution in [-0.2, 0) is 44.0 Å². The van der Waals surface area contributed by atoms with E-state index in [0.717, 1.165) is 17.4 Å². The fourth-order valence-electron chi connectivity index (χ4n) is 5.37. The second-order valence-electron chi connectivity index (χ2n) is 12.2. The van der Waals surface area contributed by atoms with E-state index in [-0.39, 0.29) is 37.9 Å². The van der Waals surface area contributed by atoms with Crippen LogP contribution in [0.15, 0.2) is 61.8 Å². The molecule has 0 radical (unpaired) electrons. The maximum Gasteiger partial charge on any atom is 0.338 e. The zero-order valence-electron chi connectivity index (χ0n) is 29.1. The van der Waals surface area contributed by atoms with Crippen molar-refractivity contribution in [2.24, 2.45) is 5.14 Å². The summed E-state index contributed by atoms with van der Waals surface area (Å²) in [7, 11) is -11.2. The number of nitrogens with two attached hydrogens (primary N) is 1. The number of hydrogen-bond donors (Lipinski definition) is 3. The predicted octanol–water partition coefficient (Wildman–Crippen LogP) is 3.27. The van der Waals surface area contributed by atoms with Gasteiger partial charge in [-0.2, -0.15) is 0 Å². The van der Waals surface area contributed by atoms with Gasteiger partial charge in [0, 0.05) is 19.6 Å². The Bertz CT molecular complexity index is 2140. The van der Waals surface area contributed by atoms with Crippen LogP contribution in [0.25, 0.3) is 0 Å². The summed E-state index contributed by atoms with van der Waals surface area (Å²) in [4.78, 5) is 39.1. The van der Waals surface area contributed by atoms with E-state index in [4.69, 9.17) is 14.6 Å². The summed E-state index contributed by atoms with van der Waals surface area (Å²) >= 11 is 0.605. The monoisotopic (exact) mass is 798 g/mol. The van der Waals surface area contributed by atoms with Crippen molar-refractivity contribution in [2.75, 3.05) is 44.4 Å². The number of nitrogens with zero attached hydrogens (tertiary/aromatic N) is 1. The summed E-state index contributed by atoms with van der Waals surface area (Å²) in [5, 5.41) is 11.0. The van der Waals surface area contributed by atoms with Crippen LogP contribution in [0.3, 0.4) is 0 Å². The summed E-state index contributed by atoms with van der Waals surface area (Å²) in [6.45, 7) is 4.80. The number of amides is 1. The second kappa shape index (κ2) is 16.9. The summed E-state index contributed by atoms with van der Waals surface area (Å²) in [5.74, 6) is -3.60. The molecule has 0 bridgehead atoms. The number of rotatable bonds is 17. The summed E-state index contributed by atoms with van der Waals surface area (Å²) in [5.41, 5.74) is 0.234. The quantitative estimate of drug-likeness (QED) is 0.132. The molecule has 15 nitrogen and oxygen atoms in total. The molecule has 1 aliphatic rings. The van der Waals surface area contributed by atoms with Crippen molar-refractivity contribution in [3.8, 4) is 11.5 Å². The maximum absolute atomic E-state index is 13.2. The van der Waals surface area contributed by atoms with E-state index in [0.29, 0.717) is 42.2 Å². The van der Waals surface area contributed by atoms with Gasteiger partial charge < -0.3 is 25.0 Å². The van der Waals surface area contributed by atoms with Gasteiger partial charge in [-0.15, -0.1) is 11.3 Å². The highest BCUT2D eigenvalue weighted by Gasteiger charge is 2.40. The zero-order chi connectivity index (χ0) is 38.4. The Morgan fingerprint density at radius 3 is 2.38 bits per heavy atom. The number of likely N-dealkylation sites (N-methyl/N-ethyl adjacent to an activating group) is 1. The maximum atomic E-state index is 13.2. The van der Waals surface area contributed by atoms with Crippen molar-refractivity contribution in [2.45, 2.75) is 64.6 Å². The van der Waals surface area contributed by atoms with E-state index in [9.17, 15) is 39.6 Å². The van der Waals surface area contributed by atoms with Crippen molar-refractivity contribution in [3.05, 3.63) is 59.7 Å². The number of benzene rings is 2. The van der Waals surface area contributed by atoms with Crippen LogP contribution in [-0.4, -0.2) is 92.1 Å². The average Bonchev–Trinajstić information content (AvgIpc) is 3.55. The van der Waals surface area contributed by atoms with Gasteiger partial charge in [-0.3, -0.25) is 9.59 Å². The second-order valence-corrected chi connectivity index (χ2v) is 19.6. The number of sulfonamides is 1. The molecule has 284 valence electrons. The SMILES string of the molecule is CCCCNc1cc(C(=O)OCC(=O)N(C)CC(=O)CS(=O)(=O)c2cc3c(s2)S(=O)(=O)[C@@H](C)C[C@@H]3NCC)cc(S(N)(=O)=O)c1Oc1ccccc1. The number of para-hydroxylation sites is 1. The minimum Gasteiger partial charge on any atom is -0.454 e. The molecule has 1 aromatic heterocycles. The highest BCUT2D eigenvalue weighted by atomic mass is 32.3. The number of hydrogen-bond acceptors (Lipinski definition) is 14. The van der Waals surface area contributed by atoms with Crippen LogP contribution in [0.4, 0.5) is 5.69 Å². The number of carbonyl (C=O) groups excluding carboxylic acids is 3. The van der Waals surface area contributed by atoms with Gasteiger partial charge >= 0.3 is 5.97 Å². The van der Waals surface area contributed by atoms with Crippen molar-refractivity contribution in [1.82, 2.24) is 10.2 Å². The number of fused-ring (bicyclic) bond motifs is 1. The third kappa shape index (κ3) is 9.75. The fourth-order valence-corrected chi connectivity index (χ4v) is 11.4. The Balaban J connectivity index is 1.45. The number of ketones is 1. The van der Waals surface area contributed by atoms with Gasteiger partial charge in [-0.25, -0.2) is 35.2 Å². The lowest BCUT2D eigenvalue weighted by Gasteiger charge is -2.27. The fraction of sp³-hybridized carbons (Fsp3) is 0.424. The first kappa shape index (κ1) is 40.9. The molecule has 2 heterocycles. The number of primary sulfonamides is 1. The zero-order valence-corrected chi connectivity index (χ0v) is 32.3. The van der Waals surface area contributed by atoms with E-state index in [2.05, 4.69) is 10.6 Å². The predicted molar refractivity (Wildman–Crippen MR) is 195 cm³/mol. The minimum atomic E-state index is -4.44. The van der Waals surface area contributed by atoms with Gasteiger partial charge in [-0.1, -0.05) is 38.5 Å². The first-order valence-corrected chi connectivity index (χ1v) is 21.9. The van der Waals surface area contributed by atoms with Crippen molar-refractivity contribution < 1.29 is 49.1 Å². The lowest BCUT2D eigenvalue weighted by atomic mass is 10.1. The van der Waals surface area contributed by atoms with Crippen LogP contribution >= 0.6 is 11.3 Å². The smallest absolute Gasteiger partial charge is 0.338 e. The number of ether oxygens (including phenoxy) is 2. The number of anilines is 1. The Morgan fingerprint density at radius 2 is 1.75 bits per heavy atom. The summed E-state index contributed by atoms with van der Waals surface area (Å²) < 4.78 is 88.3. The van der Waals surface area contributed by atoms with Crippen LogP contribution in [0.1, 0.15) is 62.0 Å². The molecular weight excluding hydrogens is 757 g/mol. The first-order chi connectivity index (χ1) is 24.4. The van der Waals surface area contributed by atoms with Crippen LogP contribution in [0.5, 0.6) is 11.5 Å². The van der Waals surface area contributed by atoms with E-state index >= 15 is 0 Å². The van der Waals surface area contributed by atoms with Gasteiger partial charge in [0.25, 0.3) is 5.91 Å². The largest absolute Gasteiger partial charge is 0.454 e. The van der Waals surface area contributed by atoms with Gasteiger partial charge in [-0.05, 0) is 62.2 Å². The number of Topliss-reactive ketones (excluding diaryl/α,β-unsaturated/α-hetero) is 1. The molecule has 0 aliphatic carbocycles. The number of sulfone groups is 2. The van der Waals surface area contributed by atoms with Crippen LogP contribution < -0.4 is 20.5 Å². The Labute approximate surface area is 307 Å². The Hall–Kier alpha value is -3.88.